The second-order valence-electron chi connectivity index (χ2n) is 6.07. The smallest absolute Gasteiger partial charge is 0.257 e. The minimum Gasteiger partial charge on any atom is -0.496 e. The molecule has 1 aromatic carbocycles. The fraction of sp³-hybridized carbons (Fsp3) is 0.389. The number of ether oxygens (including phenoxy) is 2. The summed E-state index contributed by atoms with van der Waals surface area (Å²) in [6, 6.07) is 8.73. The largest absolute Gasteiger partial charge is 0.496 e. The topological polar surface area (TPSA) is 64.5 Å². The molecule has 1 aliphatic heterocycles. The van der Waals surface area contributed by atoms with E-state index in [0.717, 1.165) is 12.1 Å². The van der Waals surface area contributed by atoms with Crippen LogP contribution in [0.2, 0.25) is 5.02 Å². The molecule has 0 radical (unpaired) electrons. The van der Waals surface area contributed by atoms with Gasteiger partial charge in [0.25, 0.3) is 5.91 Å². The normalized spacial score (nSPS) is 16.8. The van der Waals surface area contributed by atoms with Crippen LogP contribution in [0.5, 0.6) is 11.6 Å². The van der Waals surface area contributed by atoms with E-state index in [-0.39, 0.29) is 11.8 Å². The average molecular weight is 362 g/mol. The van der Waals surface area contributed by atoms with E-state index in [1.54, 1.807) is 31.4 Å². The number of nitrogens with zero attached hydrogens (tertiary/aromatic N) is 3. The molecule has 0 saturated carbocycles. The predicted octanol–water partition coefficient (Wildman–Crippen LogP) is 2.99. The zero-order valence-corrected chi connectivity index (χ0v) is 15.0. The average Bonchev–Trinajstić information content (AvgIpc) is 3.09. The van der Waals surface area contributed by atoms with Crippen LogP contribution in [0.4, 0.5) is 0 Å². The van der Waals surface area contributed by atoms with Crippen LogP contribution in [0.3, 0.4) is 0 Å². The number of benzene rings is 1. The summed E-state index contributed by atoms with van der Waals surface area (Å²) in [7, 11) is 1.54. The van der Waals surface area contributed by atoms with Gasteiger partial charge in [-0.3, -0.25) is 4.79 Å². The minimum absolute atomic E-state index is 0.0722. The summed E-state index contributed by atoms with van der Waals surface area (Å²) in [4.78, 5) is 14.6. The molecule has 1 fully saturated rings. The standard InChI is InChI=1S/C18H20ClN3O3/c1-12-3-6-17(21-20-12)25-11-13-7-8-22(10-13)18(23)15-9-14(19)4-5-16(15)24-2/h3-6,9,13H,7-8,10-11H2,1-2H3. The maximum Gasteiger partial charge on any atom is 0.257 e. The van der Waals surface area contributed by atoms with E-state index < -0.39 is 0 Å². The van der Waals surface area contributed by atoms with Crippen LogP contribution < -0.4 is 9.47 Å². The molecule has 0 spiro atoms. The molecule has 1 aromatic heterocycles. The molecule has 2 aromatic rings. The lowest BCUT2D eigenvalue weighted by atomic mass is 10.1. The van der Waals surface area contributed by atoms with E-state index in [9.17, 15) is 4.79 Å². The second kappa shape index (κ2) is 7.70. The summed E-state index contributed by atoms with van der Waals surface area (Å²) in [5, 5.41) is 8.47. The first kappa shape index (κ1) is 17.5. The number of carbonyl (C=O) groups is 1. The van der Waals surface area contributed by atoms with E-state index in [2.05, 4.69) is 10.2 Å². The van der Waals surface area contributed by atoms with Gasteiger partial charge < -0.3 is 14.4 Å². The van der Waals surface area contributed by atoms with Crippen LogP contribution >= 0.6 is 11.6 Å². The van der Waals surface area contributed by atoms with Crippen molar-refractivity contribution in [1.82, 2.24) is 15.1 Å². The molecule has 7 heteroatoms. The lowest BCUT2D eigenvalue weighted by Crippen LogP contribution is -2.30. The third kappa shape index (κ3) is 4.20. The quantitative estimate of drug-likeness (QED) is 0.819. The molecule has 0 bridgehead atoms. The van der Waals surface area contributed by atoms with E-state index >= 15 is 0 Å². The molecule has 1 aliphatic rings. The Hall–Kier alpha value is -2.34. The van der Waals surface area contributed by atoms with Crippen molar-refractivity contribution in [3.63, 3.8) is 0 Å². The third-order valence-electron chi connectivity index (χ3n) is 4.21. The van der Waals surface area contributed by atoms with Crippen molar-refractivity contribution in [3.05, 3.63) is 46.6 Å². The van der Waals surface area contributed by atoms with E-state index in [1.165, 1.54) is 0 Å². The molecular formula is C18H20ClN3O3. The van der Waals surface area contributed by atoms with Gasteiger partial charge in [-0.25, -0.2) is 0 Å². The van der Waals surface area contributed by atoms with Crippen LogP contribution in [0.1, 0.15) is 22.5 Å². The fourth-order valence-corrected chi connectivity index (χ4v) is 3.01. The van der Waals surface area contributed by atoms with Crippen molar-refractivity contribution in [2.24, 2.45) is 5.92 Å². The summed E-state index contributed by atoms with van der Waals surface area (Å²) in [6.07, 6.45) is 0.883. The number of carbonyl (C=O) groups excluding carboxylic acids is 1. The van der Waals surface area contributed by atoms with E-state index in [4.69, 9.17) is 21.1 Å². The monoisotopic (exact) mass is 361 g/mol. The van der Waals surface area contributed by atoms with Gasteiger partial charge in [0.2, 0.25) is 5.88 Å². The van der Waals surface area contributed by atoms with Gasteiger partial charge in [-0.2, -0.15) is 5.10 Å². The van der Waals surface area contributed by atoms with Gasteiger partial charge >= 0.3 is 0 Å². The van der Waals surface area contributed by atoms with Crippen LogP contribution in [-0.2, 0) is 0 Å². The van der Waals surface area contributed by atoms with Gasteiger partial charge in [-0.1, -0.05) is 11.6 Å². The maximum absolute atomic E-state index is 12.8. The van der Waals surface area contributed by atoms with Gasteiger partial charge in [0.05, 0.1) is 25.0 Å². The first-order valence-corrected chi connectivity index (χ1v) is 8.50. The molecule has 1 saturated heterocycles. The number of methoxy groups -OCH3 is 1. The number of amides is 1. The lowest BCUT2D eigenvalue weighted by Gasteiger charge is -2.18. The van der Waals surface area contributed by atoms with Crippen molar-refractivity contribution < 1.29 is 14.3 Å². The zero-order chi connectivity index (χ0) is 17.8. The maximum atomic E-state index is 12.8. The number of hydrogen-bond acceptors (Lipinski definition) is 5. The highest BCUT2D eigenvalue weighted by atomic mass is 35.5. The van der Waals surface area contributed by atoms with Crippen LogP contribution in [0, 0.1) is 12.8 Å². The molecular weight excluding hydrogens is 342 g/mol. The number of rotatable bonds is 5. The molecule has 0 N–H and O–H groups in total. The van der Waals surface area contributed by atoms with Crippen LogP contribution in [0.25, 0.3) is 0 Å². The number of hydrogen-bond donors (Lipinski definition) is 0. The highest BCUT2D eigenvalue weighted by molar-refractivity contribution is 6.31. The van der Waals surface area contributed by atoms with Crippen LogP contribution in [-0.4, -0.2) is 47.8 Å². The Morgan fingerprint density at radius 1 is 1.32 bits per heavy atom. The second-order valence-corrected chi connectivity index (χ2v) is 6.51. The van der Waals surface area contributed by atoms with Gasteiger partial charge in [0.15, 0.2) is 0 Å². The molecule has 0 aliphatic carbocycles. The van der Waals surface area contributed by atoms with Crippen molar-refractivity contribution in [2.75, 3.05) is 26.8 Å². The Balaban J connectivity index is 1.59. The highest BCUT2D eigenvalue weighted by Gasteiger charge is 2.29. The third-order valence-corrected chi connectivity index (χ3v) is 4.44. The molecule has 1 atom stereocenters. The minimum atomic E-state index is -0.0722. The van der Waals surface area contributed by atoms with Gasteiger partial charge in [-0.15, -0.1) is 5.10 Å². The van der Waals surface area contributed by atoms with Crippen LogP contribution in [0.15, 0.2) is 30.3 Å². The Labute approximate surface area is 151 Å². The number of aromatic nitrogens is 2. The van der Waals surface area contributed by atoms with Crippen molar-refractivity contribution in [2.45, 2.75) is 13.3 Å². The molecule has 1 amide bonds. The van der Waals surface area contributed by atoms with Crippen molar-refractivity contribution >= 4 is 17.5 Å². The summed E-state index contributed by atoms with van der Waals surface area (Å²) in [5.41, 5.74) is 1.33. The molecule has 6 nitrogen and oxygen atoms in total. The summed E-state index contributed by atoms with van der Waals surface area (Å²) in [6.45, 7) is 3.70. The Morgan fingerprint density at radius 3 is 2.88 bits per heavy atom. The van der Waals surface area contributed by atoms with E-state index in [0.29, 0.717) is 41.9 Å². The zero-order valence-electron chi connectivity index (χ0n) is 14.2. The first-order valence-electron chi connectivity index (χ1n) is 8.13. The van der Waals surface area contributed by atoms with Gasteiger partial charge in [-0.05, 0) is 37.6 Å². The predicted molar refractivity (Wildman–Crippen MR) is 94.3 cm³/mol. The first-order chi connectivity index (χ1) is 12.1. The SMILES string of the molecule is COc1ccc(Cl)cc1C(=O)N1CCC(COc2ccc(C)nn2)C1. The molecule has 2 heterocycles. The Kier molecular flexibility index (Phi) is 5.38. The molecule has 1 unspecified atom stereocenters. The summed E-state index contributed by atoms with van der Waals surface area (Å²) in [5.74, 6) is 1.23. The van der Waals surface area contributed by atoms with Gasteiger partial charge in [0, 0.05) is 30.1 Å². The Morgan fingerprint density at radius 2 is 2.16 bits per heavy atom. The molecule has 132 valence electrons. The Bertz CT molecular complexity index is 752. The fourth-order valence-electron chi connectivity index (χ4n) is 2.84. The number of aryl methyl sites for hydroxylation is 1. The number of likely N-dealkylation sites (tertiary alicyclic amines) is 1. The molecule has 25 heavy (non-hydrogen) atoms. The summed E-state index contributed by atoms with van der Waals surface area (Å²) < 4.78 is 11.0. The highest BCUT2D eigenvalue weighted by Crippen LogP contribution is 2.27. The van der Waals surface area contributed by atoms with Crippen molar-refractivity contribution in [1.29, 1.82) is 0 Å². The summed E-state index contributed by atoms with van der Waals surface area (Å²) >= 11 is 6.02. The van der Waals surface area contributed by atoms with Crippen molar-refractivity contribution in [3.8, 4) is 11.6 Å². The van der Waals surface area contributed by atoms with Gasteiger partial charge in [0.1, 0.15) is 5.75 Å². The molecule has 3 rings (SSSR count). The number of halogens is 1. The van der Waals surface area contributed by atoms with E-state index in [1.807, 2.05) is 17.9 Å². The lowest BCUT2D eigenvalue weighted by molar-refractivity contribution is 0.0779.